The van der Waals surface area contributed by atoms with Crippen LogP contribution in [0.5, 0.6) is 0 Å². The molecule has 0 unspecified atom stereocenters. The number of halogens is 5. The Morgan fingerprint density at radius 1 is 1.30 bits per heavy atom. The van der Waals surface area contributed by atoms with Gasteiger partial charge in [-0.25, -0.2) is 4.39 Å². The van der Waals surface area contributed by atoms with Gasteiger partial charge in [0, 0.05) is 12.2 Å². The molecule has 1 N–H and O–H groups in total. The zero-order valence-corrected chi connectivity index (χ0v) is 11.3. The van der Waals surface area contributed by atoms with Crippen LogP contribution in [0.3, 0.4) is 0 Å². The van der Waals surface area contributed by atoms with E-state index in [1.54, 1.807) is 6.07 Å². The quantitative estimate of drug-likeness (QED) is 0.821. The molecule has 0 aromatic heterocycles. The van der Waals surface area contributed by atoms with Crippen molar-refractivity contribution >= 4 is 17.3 Å². The first-order chi connectivity index (χ1) is 9.33. The molecule has 0 bridgehead atoms. The molecule has 0 radical (unpaired) electrons. The maximum absolute atomic E-state index is 12.9. The van der Waals surface area contributed by atoms with Gasteiger partial charge in [0.2, 0.25) is 0 Å². The fourth-order valence-corrected chi connectivity index (χ4v) is 2.24. The summed E-state index contributed by atoms with van der Waals surface area (Å²) in [4.78, 5) is 0. The summed E-state index contributed by atoms with van der Waals surface area (Å²) in [7, 11) is 0. The van der Waals surface area contributed by atoms with E-state index in [9.17, 15) is 17.6 Å². The number of ether oxygens (including phenoxy) is 1. The molecule has 1 fully saturated rings. The van der Waals surface area contributed by atoms with Gasteiger partial charge in [-0.2, -0.15) is 13.2 Å². The fourth-order valence-electron chi connectivity index (χ4n) is 2.06. The Hall–Kier alpha value is -1.01. The van der Waals surface area contributed by atoms with E-state index in [-0.39, 0.29) is 17.0 Å². The van der Waals surface area contributed by atoms with Crippen LogP contribution in [-0.2, 0) is 4.74 Å². The van der Waals surface area contributed by atoms with Crippen molar-refractivity contribution < 1.29 is 22.3 Å². The lowest BCUT2D eigenvalue weighted by Crippen LogP contribution is -2.37. The van der Waals surface area contributed by atoms with E-state index in [1.165, 1.54) is 12.1 Å². The van der Waals surface area contributed by atoms with E-state index in [4.69, 9.17) is 16.3 Å². The number of alkyl halides is 3. The van der Waals surface area contributed by atoms with Crippen molar-refractivity contribution in [3.8, 4) is 0 Å². The van der Waals surface area contributed by atoms with Gasteiger partial charge < -0.3 is 10.1 Å². The summed E-state index contributed by atoms with van der Waals surface area (Å²) in [6.07, 6.45) is -3.40. The van der Waals surface area contributed by atoms with Crippen LogP contribution < -0.4 is 5.32 Å². The van der Waals surface area contributed by atoms with E-state index in [0.717, 1.165) is 0 Å². The van der Waals surface area contributed by atoms with Gasteiger partial charge in [-0.15, -0.1) is 0 Å². The molecule has 1 aromatic rings. The molecular weight excluding hydrogens is 298 g/mol. The Kier molecular flexibility index (Phi) is 4.75. The molecule has 1 saturated carbocycles. The topological polar surface area (TPSA) is 21.3 Å². The maximum Gasteiger partial charge on any atom is 0.411 e. The highest BCUT2D eigenvalue weighted by Crippen LogP contribution is 2.32. The minimum absolute atomic E-state index is 0.0370. The number of rotatable bonds is 5. The van der Waals surface area contributed by atoms with Crippen molar-refractivity contribution in [1.82, 2.24) is 0 Å². The first-order valence-electron chi connectivity index (χ1n) is 6.21. The zero-order valence-electron chi connectivity index (χ0n) is 10.5. The van der Waals surface area contributed by atoms with Gasteiger partial charge in [-0.05, 0) is 37.0 Å². The third-order valence-corrected chi connectivity index (χ3v) is 3.48. The summed E-state index contributed by atoms with van der Waals surface area (Å²) in [5, 5.41) is 3.12. The van der Waals surface area contributed by atoms with Crippen molar-refractivity contribution in [3.05, 3.63) is 29.0 Å². The van der Waals surface area contributed by atoms with E-state index in [2.05, 4.69) is 5.32 Å². The summed E-state index contributed by atoms with van der Waals surface area (Å²) in [6.45, 7) is -0.584. The largest absolute Gasteiger partial charge is 0.411 e. The second-order valence-corrected chi connectivity index (χ2v) is 5.30. The van der Waals surface area contributed by atoms with Crippen molar-refractivity contribution in [1.29, 1.82) is 0 Å². The molecule has 1 aromatic carbocycles. The van der Waals surface area contributed by atoms with Crippen molar-refractivity contribution in [2.24, 2.45) is 5.92 Å². The Bertz CT molecular complexity index is 460. The van der Waals surface area contributed by atoms with E-state index < -0.39 is 18.6 Å². The van der Waals surface area contributed by atoms with Gasteiger partial charge in [0.05, 0.1) is 11.1 Å². The average molecular weight is 312 g/mol. The summed E-state index contributed by atoms with van der Waals surface area (Å²) in [5.41, 5.74) is 0.691. The minimum Gasteiger partial charge on any atom is -0.385 e. The summed E-state index contributed by atoms with van der Waals surface area (Å²) in [5.74, 6) is -0.224. The van der Waals surface area contributed by atoms with Crippen LogP contribution in [0.15, 0.2) is 18.2 Å². The van der Waals surface area contributed by atoms with E-state index in [0.29, 0.717) is 25.1 Å². The summed E-state index contributed by atoms with van der Waals surface area (Å²) < 4.78 is 53.5. The first kappa shape index (κ1) is 15.4. The van der Waals surface area contributed by atoms with Crippen LogP contribution in [0.25, 0.3) is 0 Å². The summed E-state index contributed by atoms with van der Waals surface area (Å²) >= 11 is 5.64. The lowest BCUT2D eigenvalue weighted by Gasteiger charge is -2.35. The van der Waals surface area contributed by atoms with Crippen LogP contribution in [0.2, 0.25) is 5.02 Å². The monoisotopic (exact) mass is 311 g/mol. The molecular formula is C13H14ClF4NO. The molecule has 20 heavy (non-hydrogen) atoms. The van der Waals surface area contributed by atoms with Gasteiger partial charge >= 0.3 is 6.18 Å². The molecule has 0 spiro atoms. The normalized spacial score (nSPS) is 22.4. The minimum atomic E-state index is -4.27. The van der Waals surface area contributed by atoms with E-state index in [1.807, 2.05) is 0 Å². The van der Waals surface area contributed by atoms with Crippen molar-refractivity contribution in [3.63, 3.8) is 0 Å². The summed E-state index contributed by atoms with van der Waals surface area (Å²) in [6, 6.07) is 4.31. The highest BCUT2D eigenvalue weighted by atomic mass is 35.5. The Morgan fingerprint density at radius 2 is 2.00 bits per heavy atom. The predicted octanol–water partition coefficient (Wildman–Crippen LogP) is 4.25. The number of hydrogen-bond acceptors (Lipinski definition) is 2. The van der Waals surface area contributed by atoms with Gasteiger partial charge in [0.1, 0.15) is 12.4 Å². The Morgan fingerprint density at radius 3 is 2.60 bits per heavy atom. The molecule has 112 valence electrons. The molecule has 0 saturated heterocycles. The van der Waals surface area contributed by atoms with Crippen LogP contribution in [0.4, 0.5) is 23.2 Å². The van der Waals surface area contributed by atoms with Crippen molar-refractivity contribution in [2.45, 2.75) is 25.1 Å². The smallest absolute Gasteiger partial charge is 0.385 e. The molecule has 7 heteroatoms. The zero-order chi connectivity index (χ0) is 14.8. The standard InChI is InChI=1S/C13H14ClF4NO/c14-11-5-9(1-2-12(11)15)19-6-8-3-10(4-8)20-7-13(16,17)18/h1-2,5,8,10,19H,3-4,6-7H2. The lowest BCUT2D eigenvalue weighted by molar-refractivity contribution is -0.196. The number of anilines is 1. The second kappa shape index (κ2) is 6.18. The van der Waals surface area contributed by atoms with Gasteiger partial charge in [-0.1, -0.05) is 11.6 Å². The molecule has 2 nitrogen and oxygen atoms in total. The molecule has 1 aliphatic rings. The third kappa shape index (κ3) is 4.52. The number of benzene rings is 1. The lowest BCUT2D eigenvalue weighted by atomic mass is 9.82. The van der Waals surface area contributed by atoms with E-state index >= 15 is 0 Å². The Labute approximate surface area is 119 Å². The third-order valence-electron chi connectivity index (χ3n) is 3.19. The molecule has 1 aliphatic carbocycles. The predicted molar refractivity (Wildman–Crippen MR) is 68.4 cm³/mol. The molecule has 0 aliphatic heterocycles. The van der Waals surface area contributed by atoms with Gasteiger partial charge in [0.15, 0.2) is 0 Å². The molecule has 0 atom stereocenters. The first-order valence-corrected chi connectivity index (χ1v) is 6.58. The van der Waals surface area contributed by atoms with Crippen LogP contribution in [-0.4, -0.2) is 25.4 Å². The molecule has 0 heterocycles. The molecule has 0 amide bonds. The second-order valence-electron chi connectivity index (χ2n) is 4.90. The van der Waals surface area contributed by atoms with Crippen LogP contribution >= 0.6 is 11.6 Å². The van der Waals surface area contributed by atoms with Crippen LogP contribution in [0, 0.1) is 11.7 Å². The highest BCUT2D eigenvalue weighted by molar-refractivity contribution is 6.31. The maximum atomic E-state index is 12.9. The van der Waals surface area contributed by atoms with Crippen molar-refractivity contribution in [2.75, 3.05) is 18.5 Å². The number of nitrogens with one attached hydrogen (secondary N) is 1. The Balaban J connectivity index is 1.66. The van der Waals surface area contributed by atoms with Gasteiger partial charge in [0.25, 0.3) is 0 Å². The molecule has 2 rings (SSSR count). The van der Waals surface area contributed by atoms with Crippen LogP contribution in [0.1, 0.15) is 12.8 Å². The SMILES string of the molecule is Fc1ccc(NCC2CC(OCC(F)(F)F)C2)cc1Cl. The van der Waals surface area contributed by atoms with Gasteiger partial charge in [-0.3, -0.25) is 0 Å². The highest BCUT2D eigenvalue weighted by Gasteiger charge is 2.34. The average Bonchev–Trinajstić information content (AvgIpc) is 2.29. The fraction of sp³-hybridized carbons (Fsp3) is 0.538. The number of hydrogen-bond donors (Lipinski definition) is 1.